The number of amides is 1. The molecule has 0 aromatic heterocycles. The molecule has 1 aromatic rings. The molecule has 0 heterocycles. The first-order valence-corrected chi connectivity index (χ1v) is 5.63. The maximum atomic E-state index is 12.0. The Labute approximate surface area is 104 Å². The van der Waals surface area contributed by atoms with Crippen LogP contribution in [-0.2, 0) is 11.2 Å². The molecule has 0 unspecified atom stereocenters. The fraction of sp³-hybridized carbons (Fsp3) is 0.462. The predicted molar refractivity (Wildman–Crippen MR) is 63.4 cm³/mol. The van der Waals surface area contributed by atoms with Gasteiger partial charge in [-0.05, 0) is 49.4 Å². The summed E-state index contributed by atoms with van der Waals surface area (Å²) in [7, 11) is 0. The molecule has 0 fully saturated rings. The third-order valence-corrected chi connectivity index (χ3v) is 2.89. The molecule has 18 heavy (non-hydrogen) atoms. The molecule has 100 valence electrons. The van der Waals surface area contributed by atoms with Gasteiger partial charge in [0.25, 0.3) is 0 Å². The van der Waals surface area contributed by atoms with E-state index in [2.05, 4.69) is 0 Å². The van der Waals surface area contributed by atoms with Crippen LogP contribution in [0.4, 0.5) is 13.2 Å². The van der Waals surface area contributed by atoms with Gasteiger partial charge >= 0.3 is 12.1 Å². The molecule has 1 amide bonds. The number of hydrogen-bond acceptors (Lipinski definition) is 1. The Morgan fingerprint density at radius 2 is 1.67 bits per heavy atom. The summed E-state index contributed by atoms with van der Waals surface area (Å²) in [5.41, 5.74) is 4.23. The van der Waals surface area contributed by atoms with Crippen LogP contribution in [0.5, 0.6) is 0 Å². The molecule has 0 aliphatic rings. The molecular formula is C13H16F3NO. The summed E-state index contributed by atoms with van der Waals surface area (Å²) in [5, 5.41) is 1.87. The summed E-state index contributed by atoms with van der Waals surface area (Å²) in [6.45, 7) is 5.83. The number of nitrogens with one attached hydrogen (secondary N) is 1. The first-order chi connectivity index (χ1) is 8.21. The van der Waals surface area contributed by atoms with Crippen molar-refractivity contribution in [3.05, 3.63) is 34.4 Å². The first-order valence-electron chi connectivity index (χ1n) is 5.63. The lowest BCUT2D eigenvalue weighted by Crippen LogP contribution is -2.37. The Hall–Kier alpha value is -1.52. The lowest BCUT2D eigenvalue weighted by Gasteiger charge is -2.11. The lowest BCUT2D eigenvalue weighted by atomic mass is 9.99. The standard InChI is InChI=1S/C13H16F3NO/c1-8-6-10(3)11(7-9(8)2)4-5-17-12(18)13(14,15)16/h6-7H,4-5H2,1-3H3,(H,17,18). The second-order valence-electron chi connectivity index (χ2n) is 4.37. The van der Waals surface area contributed by atoms with E-state index >= 15 is 0 Å². The fourth-order valence-electron chi connectivity index (χ4n) is 1.70. The normalized spacial score (nSPS) is 11.4. The van der Waals surface area contributed by atoms with Gasteiger partial charge in [0.1, 0.15) is 0 Å². The Bertz CT molecular complexity index is 452. The van der Waals surface area contributed by atoms with Crippen molar-refractivity contribution in [3.63, 3.8) is 0 Å². The van der Waals surface area contributed by atoms with Gasteiger partial charge in [-0.25, -0.2) is 0 Å². The highest BCUT2D eigenvalue weighted by Gasteiger charge is 2.38. The molecule has 2 nitrogen and oxygen atoms in total. The van der Waals surface area contributed by atoms with E-state index in [0.29, 0.717) is 6.42 Å². The van der Waals surface area contributed by atoms with Crippen molar-refractivity contribution in [3.8, 4) is 0 Å². The third kappa shape index (κ3) is 3.75. The van der Waals surface area contributed by atoms with E-state index < -0.39 is 12.1 Å². The van der Waals surface area contributed by atoms with Crippen LogP contribution in [0, 0.1) is 20.8 Å². The van der Waals surface area contributed by atoms with Gasteiger partial charge < -0.3 is 5.32 Å². The number of benzene rings is 1. The number of carbonyl (C=O) groups excluding carboxylic acids is 1. The van der Waals surface area contributed by atoms with E-state index in [9.17, 15) is 18.0 Å². The summed E-state index contributed by atoms with van der Waals surface area (Å²) in [6, 6.07) is 3.95. The average molecular weight is 259 g/mol. The second-order valence-corrected chi connectivity index (χ2v) is 4.37. The van der Waals surface area contributed by atoms with E-state index in [0.717, 1.165) is 22.3 Å². The fourth-order valence-corrected chi connectivity index (χ4v) is 1.70. The number of halogens is 3. The highest BCUT2D eigenvalue weighted by atomic mass is 19.4. The van der Waals surface area contributed by atoms with Crippen LogP contribution in [0.25, 0.3) is 0 Å². The summed E-state index contributed by atoms with van der Waals surface area (Å²) < 4.78 is 35.9. The third-order valence-electron chi connectivity index (χ3n) is 2.89. The molecule has 1 rings (SSSR count). The molecule has 0 saturated heterocycles. The number of hydrogen-bond donors (Lipinski definition) is 1. The summed E-state index contributed by atoms with van der Waals surface area (Å²) in [5.74, 6) is -1.89. The number of rotatable bonds is 3. The molecule has 0 spiro atoms. The topological polar surface area (TPSA) is 29.1 Å². The van der Waals surface area contributed by atoms with Crippen molar-refractivity contribution in [2.45, 2.75) is 33.4 Å². The second kappa shape index (κ2) is 5.42. The minimum Gasteiger partial charge on any atom is -0.348 e. The van der Waals surface area contributed by atoms with Crippen LogP contribution in [0.3, 0.4) is 0 Å². The van der Waals surface area contributed by atoms with Gasteiger partial charge in [0.15, 0.2) is 0 Å². The Kier molecular flexibility index (Phi) is 4.38. The number of aryl methyl sites for hydroxylation is 3. The van der Waals surface area contributed by atoms with Gasteiger partial charge in [0, 0.05) is 6.54 Å². The van der Waals surface area contributed by atoms with E-state index in [1.54, 1.807) is 0 Å². The van der Waals surface area contributed by atoms with Gasteiger partial charge in [0.2, 0.25) is 0 Å². The number of alkyl halides is 3. The van der Waals surface area contributed by atoms with Crippen LogP contribution in [0.1, 0.15) is 22.3 Å². The van der Waals surface area contributed by atoms with Crippen LogP contribution in [-0.4, -0.2) is 18.6 Å². The molecule has 1 N–H and O–H groups in total. The summed E-state index contributed by atoms with van der Waals surface area (Å²) in [6.07, 6.45) is -4.41. The van der Waals surface area contributed by atoms with E-state index in [4.69, 9.17) is 0 Å². The van der Waals surface area contributed by atoms with Crippen molar-refractivity contribution in [1.29, 1.82) is 0 Å². The zero-order chi connectivity index (χ0) is 13.9. The Balaban J connectivity index is 2.60. The highest BCUT2D eigenvalue weighted by Crippen LogP contribution is 2.16. The Morgan fingerprint density at radius 3 is 2.22 bits per heavy atom. The lowest BCUT2D eigenvalue weighted by molar-refractivity contribution is -0.173. The van der Waals surface area contributed by atoms with Crippen molar-refractivity contribution in [2.24, 2.45) is 0 Å². The molecule has 0 radical (unpaired) electrons. The average Bonchev–Trinajstić information content (AvgIpc) is 2.23. The molecule has 0 atom stereocenters. The quantitative estimate of drug-likeness (QED) is 0.888. The van der Waals surface area contributed by atoms with Crippen LogP contribution < -0.4 is 5.32 Å². The van der Waals surface area contributed by atoms with Crippen molar-refractivity contribution >= 4 is 5.91 Å². The summed E-state index contributed by atoms with van der Waals surface area (Å²) in [4.78, 5) is 10.6. The molecule has 0 aliphatic heterocycles. The molecule has 1 aromatic carbocycles. The van der Waals surface area contributed by atoms with Crippen molar-refractivity contribution in [1.82, 2.24) is 5.32 Å². The maximum absolute atomic E-state index is 12.0. The van der Waals surface area contributed by atoms with E-state index in [1.165, 1.54) is 0 Å². The number of carbonyl (C=O) groups is 1. The molecule has 5 heteroatoms. The first kappa shape index (κ1) is 14.5. The molecule has 0 bridgehead atoms. The summed E-state index contributed by atoms with van der Waals surface area (Å²) >= 11 is 0. The van der Waals surface area contributed by atoms with Crippen LogP contribution in [0.15, 0.2) is 12.1 Å². The smallest absolute Gasteiger partial charge is 0.348 e. The van der Waals surface area contributed by atoms with Crippen molar-refractivity contribution < 1.29 is 18.0 Å². The molecule has 0 saturated carbocycles. The van der Waals surface area contributed by atoms with Gasteiger partial charge in [-0.3, -0.25) is 4.79 Å². The van der Waals surface area contributed by atoms with Gasteiger partial charge in [0.05, 0.1) is 0 Å². The molecular weight excluding hydrogens is 243 g/mol. The molecule has 0 aliphatic carbocycles. The van der Waals surface area contributed by atoms with Gasteiger partial charge in [-0.15, -0.1) is 0 Å². The SMILES string of the molecule is Cc1cc(C)c(CCNC(=O)C(F)(F)F)cc1C. The maximum Gasteiger partial charge on any atom is 0.471 e. The van der Waals surface area contributed by atoms with E-state index in [1.807, 2.05) is 38.2 Å². The van der Waals surface area contributed by atoms with E-state index in [-0.39, 0.29) is 6.54 Å². The van der Waals surface area contributed by atoms with Crippen molar-refractivity contribution in [2.75, 3.05) is 6.54 Å². The van der Waals surface area contributed by atoms with Gasteiger partial charge in [-0.1, -0.05) is 12.1 Å². The Morgan fingerprint density at radius 1 is 1.11 bits per heavy atom. The zero-order valence-corrected chi connectivity index (χ0v) is 10.6. The van der Waals surface area contributed by atoms with Crippen LogP contribution in [0.2, 0.25) is 0 Å². The highest BCUT2D eigenvalue weighted by molar-refractivity contribution is 5.81. The monoisotopic (exact) mass is 259 g/mol. The minimum absolute atomic E-state index is 0.0122. The predicted octanol–water partition coefficient (Wildman–Crippen LogP) is 2.83. The minimum atomic E-state index is -4.81. The largest absolute Gasteiger partial charge is 0.471 e. The zero-order valence-electron chi connectivity index (χ0n) is 10.6. The van der Waals surface area contributed by atoms with Crippen LogP contribution >= 0.6 is 0 Å². The van der Waals surface area contributed by atoms with Gasteiger partial charge in [-0.2, -0.15) is 13.2 Å².